The van der Waals surface area contributed by atoms with Crippen LogP contribution in [0.5, 0.6) is 0 Å². The van der Waals surface area contributed by atoms with E-state index in [9.17, 15) is 8.42 Å². The molecule has 3 aliphatic rings. The van der Waals surface area contributed by atoms with E-state index in [0.717, 1.165) is 51.6 Å². The molecule has 3 rings (SSSR count). The van der Waals surface area contributed by atoms with Gasteiger partial charge >= 0.3 is 0 Å². The fourth-order valence-electron chi connectivity index (χ4n) is 3.75. The summed E-state index contributed by atoms with van der Waals surface area (Å²) in [6, 6.07) is -0.291. The van der Waals surface area contributed by atoms with Crippen LogP contribution in [0.15, 0.2) is 0 Å². The largest absolute Gasteiger partial charge is 0.376 e. The first-order valence-corrected chi connectivity index (χ1v) is 9.02. The Kier molecular flexibility index (Phi) is 3.86. The summed E-state index contributed by atoms with van der Waals surface area (Å²) < 4.78 is 33.3. The van der Waals surface area contributed by atoms with E-state index in [-0.39, 0.29) is 23.4 Å². The van der Waals surface area contributed by atoms with Crippen LogP contribution in [0.4, 0.5) is 0 Å². The van der Waals surface area contributed by atoms with E-state index in [4.69, 9.17) is 10.5 Å². The number of ether oxygens (including phenoxy) is 1. The molecule has 5 nitrogen and oxygen atoms in total. The van der Waals surface area contributed by atoms with Crippen LogP contribution in [0.1, 0.15) is 44.9 Å². The summed E-state index contributed by atoms with van der Waals surface area (Å²) in [5.74, 6) is 0.341. The topological polar surface area (TPSA) is 81.4 Å². The van der Waals surface area contributed by atoms with Gasteiger partial charge < -0.3 is 10.5 Å². The fraction of sp³-hybridized carbons (Fsp3) is 1.00. The second-order valence-electron chi connectivity index (χ2n) is 6.17. The molecule has 1 aliphatic heterocycles. The van der Waals surface area contributed by atoms with Gasteiger partial charge in [0.05, 0.1) is 17.4 Å². The Morgan fingerprint density at radius 2 is 1.79 bits per heavy atom. The van der Waals surface area contributed by atoms with Crippen molar-refractivity contribution in [1.29, 1.82) is 0 Å². The van der Waals surface area contributed by atoms with Gasteiger partial charge in [-0.25, -0.2) is 13.1 Å². The average Bonchev–Trinajstić information content (AvgIpc) is 2.45. The van der Waals surface area contributed by atoms with Crippen molar-refractivity contribution in [2.45, 2.75) is 68.4 Å². The highest BCUT2D eigenvalue weighted by Gasteiger charge is 2.52. The van der Waals surface area contributed by atoms with Gasteiger partial charge in [0.2, 0.25) is 10.0 Å². The molecule has 0 radical (unpaired) electrons. The summed E-state index contributed by atoms with van der Waals surface area (Å²) in [6.07, 6.45) is 6.86. The summed E-state index contributed by atoms with van der Waals surface area (Å²) in [5.41, 5.74) is 6.11. The molecule has 19 heavy (non-hydrogen) atoms. The van der Waals surface area contributed by atoms with Crippen LogP contribution in [0.3, 0.4) is 0 Å². The van der Waals surface area contributed by atoms with E-state index in [0.29, 0.717) is 5.92 Å². The zero-order valence-electron chi connectivity index (χ0n) is 11.3. The monoisotopic (exact) mass is 288 g/mol. The molecule has 4 unspecified atom stereocenters. The summed E-state index contributed by atoms with van der Waals surface area (Å²) >= 11 is 0. The van der Waals surface area contributed by atoms with Crippen molar-refractivity contribution in [1.82, 2.24) is 4.72 Å². The van der Waals surface area contributed by atoms with Crippen molar-refractivity contribution < 1.29 is 13.2 Å². The predicted octanol–water partition coefficient (Wildman–Crippen LogP) is 0.743. The second kappa shape index (κ2) is 5.31. The summed E-state index contributed by atoms with van der Waals surface area (Å²) in [7, 11) is -3.24. The van der Waals surface area contributed by atoms with Crippen molar-refractivity contribution in [2.24, 2.45) is 11.7 Å². The highest BCUT2D eigenvalue weighted by atomic mass is 32.2. The van der Waals surface area contributed by atoms with Gasteiger partial charge in [-0.3, -0.25) is 0 Å². The lowest BCUT2D eigenvalue weighted by Crippen LogP contribution is -2.72. The minimum atomic E-state index is -3.24. The molecule has 2 saturated carbocycles. The maximum atomic E-state index is 12.4. The molecule has 0 spiro atoms. The van der Waals surface area contributed by atoms with Crippen LogP contribution in [0, 0.1) is 5.92 Å². The molecule has 0 aromatic rings. The molecule has 6 heteroatoms. The van der Waals surface area contributed by atoms with Crippen molar-refractivity contribution in [3.8, 4) is 0 Å². The smallest absolute Gasteiger partial charge is 0.214 e. The van der Waals surface area contributed by atoms with Crippen LogP contribution < -0.4 is 10.5 Å². The Balaban J connectivity index is 1.64. The van der Waals surface area contributed by atoms with E-state index in [2.05, 4.69) is 4.72 Å². The van der Waals surface area contributed by atoms with Crippen molar-refractivity contribution in [3.63, 3.8) is 0 Å². The zero-order valence-corrected chi connectivity index (χ0v) is 12.1. The number of hydrogen-bond donors (Lipinski definition) is 2. The van der Waals surface area contributed by atoms with Crippen molar-refractivity contribution in [3.05, 3.63) is 0 Å². The maximum Gasteiger partial charge on any atom is 0.214 e. The summed E-state index contributed by atoms with van der Waals surface area (Å²) in [6.45, 7) is 0.732. The first-order valence-electron chi connectivity index (χ1n) is 7.48. The van der Waals surface area contributed by atoms with E-state index in [1.165, 1.54) is 0 Å². The Labute approximate surface area is 115 Å². The average molecular weight is 288 g/mol. The van der Waals surface area contributed by atoms with Crippen LogP contribution >= 0.6 is 0 Å². The molecule has 0 amide bonds. The number of nitrogens with two attached hydrogens (primary N) is 1. The first-order chi connectivity index (χ1) is 9.09. The van der Waals surface area contributed by atoms with Crippen LogP contribution in [0.2, 0.25) is 0 Å². The highest BCUT2D eigenvalue weighted by Crippen LogP contribution is 2.38. The molecule has 3 N–H and O–H groups in total. The molecule has 110 valence electrons. The molecular weight excluding hydrogens is 264 g/mol. The van der Waals surface area contributed by atoms with Gasteiger partial charge in [0, 0.05) is 18.6 Å². The lowest BCUT2D eigenvalue weighted by Gasteiger charge is -2.52. The summed E-state index contributed by atoms with van der Waals surface area (Å²) in [4.78, 5) is 0. The lowest BCUT2D eigenvalue weighted by molar-refractivity contribution is -0.114. The Morgan fingerprint density at radius 3 is 2.53 bits per heavy atom. The third-order valence-electron chi connectivity index (χ3n) is 4.97. The molecule has 0 aromatic heterocycles. The van der Waals surface area contributed by atoms with Crippen LogP contribution in [-0.2, 0) is 14.8 Å². The Hall–Kier alpha value is -0.170. The second-order valence-corrected chi connectivity index (χ2v) is 8.16. The van der Waals surface area contributed by atoms with Gasteiger partial charge in [0.15, 0.2) is 0 Å². The SMILES string of the molecule is NC1C2CCCOC2C1NS(=O)(=O)C1CCCCC1. The quantitative estimate of drug-likeness (QED) is 0.802. The van der Waals surface area contributed by atoms with Crippen molar-refractivity contribution in [2.75, 3.05) is 6.61 Å². The van der Waals surface area contributed by atoms with Gasteiger partial charge in [-0.2, -0.15) is 0 Å². The zero-order chi connectivity index (χ0) is 13.5. The number of rotatable bonds is 3. The number of fused-ring (bicyclic) bond motifs is 1. The van der Waals surface area contributed by atoms with E-state index in [1.54, 1.807) is 0 Å². The third-order valence-corrected chi connectivity index (χ3v) is 6.92. The number of hydrogen-bond acceptors (Lipinski definition) is 4. The minimum absolute atomic E-state index is 0.00196. The van der Waals surface area contributed by atoms with Crippen molar-refractivity contribution >= 4 is 10.0 Å². The predicted molar refractivity (Wildman–Crippen MR) is 73.2 cm³/mol. The van der Waals surface area contributed by atoms with E-state index in [1.807, 2.05) is 0 Å². The normalized spacial score (nSPS) is 40.5. The van der Waals surface area contributed by atoms with E-state index < -0.39 is 10.0 Å². The Morgan fingerprint density at radius 1 is 1.05 bits per heavy atom. The highest BCUT2D eigenvalue weighted by molar-refractivity contribution is 7.90. The van der Waals surface area contributed by atoms with Crippen LogP contribution in [-0.4, -0.2) is 38.5 Å². The Bertz CT molecular complexity index is 420. The summed E-state index contributed by atoms with van der Waals surface area (Å²) in [5, 5.41) is -0.226. The molecule has 4 atom stereocenters. The maximum absolute atomic E-state index is 12.4. The molecule has 0 aromatic carbocycles. The number of nitrogens with one attached hydrogen (secondary N) is 1. The van der Waals surface area contributed by atoms with Gasteiger partial charge in [-0.05, 0) is 25.7 Å². The van der Waals surface area contributed by atoms with Crippen LogP contribution in [0.25, 0.3) is 0 Å². The molecule has 1 heterocycles. The standard InChI is InChI=1S/C13H24N2O3S/c14-11-10-7-4-8-18-13(10)12(11)15-19(16,17)9-5-2-1-3-6-9/h9-13,15H,1-8,14H2. The molecule has 1 saturated heterocycles. The van der Waals surface area contributed by atoms with Gasteiger partial charge in [-0.15, -0.1) is 0 Å². The third kappa shape index (κ3) is 2.55. The molecule has 3 fully saturated rings. The fourth-order valence-corrected chi connectivity index (χ4v) is 5.57. The van der Waals surface area contributed by atoms with Gasteiger partial charge in [0.1, 0.15) is 0 Å². The molecule has 0 bridgehead atoms. The lowest BCUT2D eigenvalue weighted by atomic mass is 9.69. The number of sulfonamides is 1. The van der Waals surface area contributed by atoms with Gasteiger partial charge in [-0.1, -0.05) is 19.3 Å². The van der Waals surface area contributed by atoms with Gasteiger partial charge in [0.25, 0.3) is 0 Å². The first kappa shape index (κ1) is 13.8. The molecule has 2 aliphatic carbocycles. The minimum Gasteiger partial charge on any atom is -0.376 e. The molecular formula is C13H24N2O3S. The van der Waals surface area contributed by atoms with E-state index >= 15 is 0 Å².